The third-order valence-electron chi connectivity index (χ3n) is 3.68. The van der Waals surface area contributed by atoms with Crippen molar-refractivity contribution in [2.24, 2.45) is 0 Å². The Bertz CT molecular complexity index is 1050. The molecule has 0 radical (unpaired) electrons. The topological polar surface area (TPSA) is 71.7 Å². The zero-order valence-electron chi connectivity index (χ0n) is 12.9. The van der Waals surface area contributed by atoms with E-state index in [9.17, 15) is 14.7 Å². The van der Waals surface area contributed by atoms with Crippen LogP contribution in [0.25, 0.3) is 17.1 Å². The van der Waals surface area contributed by atoms with Gasteiger partial charge in [0.2, 0.25) is 0 Å². The Morgan fingerprint density at radius 2 is 2.00 bits per heavy atom. The highest BCUT2D eigenvalue weighted by Gasteiger charge is 2.19. The van der Waals surface area contributed by atoms with E-state index in [1.165, 1.54) is 4.40 Å². The molecule has 2 heterocycles. The zero-order valence-corrected chi connectivity index (χ0v) is 14.5. The summed E-state index contributed by atoms with van der Waals surface area (Å²) in [4.78, 5) is 28.4. The average molecular weight is 361 g/mol. The summed E-state index contributed by atoms with van der Waals surface area (Å²) >= 11 is 7.10. The van der Waals surface area contributed by atoms with Crippen LogP contribution in [0.1, 0.15) is 32.2 Å². The highest BCUT2D eigenvalue weighted by atomic mass is 35.5. The Labute approximate surface area is 146 Å². The third kappa shape index (κ3) is 2.74. The van der Waals surface area contributed by atoms with Gasteiger partial charge in [0, 0.05) is 0 Å². The fourth-order valence-corrected chi connectivity index (χ4v) is 3.53. The SMILES string of the molecule is Cc1ccccc1/C=C/c1nc2sc(C(=O)O)c(C)n2c(=O)c1Cl. The van der Waals surface area contributed by atoms with E-state index in [1.54, 1.807) is 13.0 Å². The van der Waals surface area contributed by atoms with Gasteiger partial charge in [-0.1, -0.05) is 53.3 Å². The van der Waals surface area contributed by atoms with Crippen molar-refractivity contribution in [3.8, 4) is 0 Å². The number of aromatic carboxylic acids is 1. The van der Waals surface area contributed by atoms with Crippen molar-refractivity contribution in [3.63, 3.8) is 0 Å². The van der Waals surface area contributed by atoms with Gasteiger partial charge in [0.05, 0.1) is 11.4 Å². The molecule has 3 aromatic rings. The van der Waals surface area contributed by atoms with Crippen LogP contribution in [0.15, 0.2) is 29.1 Å². The largest absolute Gasteiger partial charge is 0.477 e. The Morgan fingerprint density at radius 3 is 2.67 bits per heavy atom. The molecule has 24 heavy (non-hydrogen) atoms. The molecule has 2 aromatic heterocycles. The van der Waals surface area contributed by atoms with Gasteiger partial charge >= 0.3 is 5.97 Å². The van der Waals surface area contributed by atoms with Crippen molar-refractivity contribution >= 4 is 46.0 Å². The third-order valence-corrected chi connectivity index (χ3v) is 5.17. The fourth-order valence-electron chi connectivity index (χ4n) is 2.38. The Balaban J connectivity index is 2.16. The van der Waals surface area contributed by atoms with Crippen LogP contribution in [0.4, 0.5) is 0 Å². The summed E-state index contributed by atoms with van der Waals surface area (Å²) in [5.41, 5.74) is 2.26. The number of thiazole rings is 1. The molecule has 0 aliphatic rings. The lowest BCUT2D eigenvalue weighted by Gasteiger charge is -2.02. The Morgan fingerprint density at radius 1 is 1.29 bits per heavy atom. The number of carboxylic acids is 1. The summed E-state index contributed by atoms with van der Waals surface area (Å²) in [6.07, 6.45) is 3.50. The average Bonchev–Trinajstić information content (AvgIpc) is 2.88. The van der Waals surface area contributed by atoms with Gasteiger partial charge in [0.25, 0.3) is 5.56 Å². The first-order chi connectivity index (χ1) is 11.4. The van der Waals surface area contributed by atoms with E-state index in [-0.39, 0.29) is 9.90 Å². The lowest BCUT2D eigenvalue weighted by Crippen LogP contribution is -2.17. The van der Waals surface area contributed by atoms with E-state index in [0.29, 0.717) is 16.3 Å². The smallest absolute Gasteiger partial charge is 0.347 e. The molecule has 0 aliphatic carbocycles. The number of hydrogen-bond donors (Lipinski definition) is 1. The first-order valence-electron chi connectivity index (χ1n) is 7.09. The fraction of sp³-hybridized carbons (Fsp3) is 0.118. The molecule has 0 fully saturated rings. The molecule has 0 unspecified atom stereocenters. The van der Waals surface area contributed by atoms with Crippen LogP contribution in [-0.4, -0.2) is 20.5 Å². The molecule has 7 heteroatoms. The maximum atomic E-state index is 12.5. The molecule has 0 saturated heterocycles. The number of carboxylic acid groups (broad SMARTS) is 1. The van der Waals surface area contributed by atoms with Gasteiger partial charge in [-0.2, -0.15) is 0 Å². The van der Waals surface area contributed by atoms with Crippen LogP contribution in [0.2, 0.25) is 5.02 Å². The minimum Gasteiger partial charge on any atom is -0.477 e. The van der Waals surface area contributed by atoms with E-state index < -0.39 is 11.5 Å². The summed E-state index contributed by atoms with van der Waals surface area (Å²) in [5, 5.41) is 9.17. The van der Waals surface area contributed by atoms with Crippen LogP contribution in [-0.2, 0) is 0 Å². The van der Waals surface area contributed by atoms with Crippen molar-refractivity contribution in [1.29, 1.82) is 0 Å². The molecular weight excluding hydrogens is 348 g/mol. The minimum absolute atomic E-state index is 0.0322. The quantitative estimate of drug-likeness (QED) is 0.769. The summed E-state index contributed by atoms with van der Waals surface area (Å²) in [6, 6.07) is 7.79. The van der Waals surface area contributed by atoms with Crippen molar-refractivity contribution in [2.75, 3.05) is 0 Å². The molecule has 0 bridgehead atoms. The van der Waals surface area contributed by atoms with E-state index in [1.807, 2.05) is 37.3 Å². The molecule has 0 saturated carbocycles. The summed E-state index contributed by atoms with van der Waals surface area (Å²) in [7, 11) is 0. The first-order valence-corrected chi connectivity index (χ1v) is 8.28. The second kappa shape index (κ2) is 6.22. The number of carbonyl (C=O) groups is 1. The molecule has 0 amide bonds. The van der Waals surface area contributed by atoms with Gasteiger partial charge in [0.15, 0.2) is 4.96 Å². The first kappa shape index (κ1) is 16.4. The summed E-state index contributed by atoms with van der Waals surface area (Å²) < 4.78 is 1.24. The normalized spacial score (nSPS) is 11.5. The maximum absolute atomic E-state index is 12.5. The highest BCUT2D eigenvalue weighted by Crippen LogP contribution is 2.23. The standard InChI is InChI=1S/C17H13ClN2O3S/c1-9-5-3-4-6-11(9)7-8-12-13(18)15(21)20-10(2)14(16(22)23)24-17(20)19-12/h3-8H,1-2H3,(H,22,23)/b8-7+. The minimum atomic E-state index is -1.09. The van der Waals surface area contributed by atoms with Crippen LogP contribution in [0.5, 0.6) is 0 Å². The van der Waals surface area contributed by atoms with Gasteiger partial charge in [-0.25, -0.2) is 9.78 Å². The molecule has 0 spiro atoms. The van der Waals surface area contributed by atoms with E-state index in [4.69, 9.17) is 11.6 Å². The van der Waals surface area contributed by atoms with Crippen LogP contribution in [0.3, 0.4) is 0 Å². The van der Waals surface area contributed by atoms with E-state index in [0.717, 1.165) is 22.5 Å². The molecule has 3 rings (SSSR count). The van der Waals surface area contributed by atoms with Gasteiger partial charge in [-0.15, -0.1) is 0 Å². The molecule has 1 aromatic carbocycles. The second-order valence-electron chi connectivity index (χ2n) is 5.25. The summed E-state index contributed by atoms with van der Waals surface area (Å²) in [6.45, 7) is 3.55. The number of aryl methyl sites for hydroxylation is 2. The van der Waals surface area contributed by atoms with Crippen molar-refractivity contribution in [2.45, 2.75) is 13.8 Å². The van der Waals surface area contributed by atoms with Gasteiger partial charge in [-0.05, 0) is 31.1 Å². The van der Waals surface area contributed by atoms with Crippen molar-refractivity contribution < 1.29 is 9.90 Å². The van der Waals surface area contributed by atoms with E-state index in [2.05, 4.69) is 4.98 Å². The van der Waals surface area contributed by atoms with Crippen LogP contribution in [0, 0.1) is 13.8 Å². The highest BCUT2D eigenvalue weighted by molar-refractivity contribution is 7.18. The maximum Gasteiger partial charge on any atom is 0.347 e. The molecule has 1 N–H and O–H groups in total. The van der Waals surface area contributed by atoms with Gasteiger partial charge < -0.3 is 5.11 Å². The van der Waals surface area contributed by atoms with Crippen molar-refractivity contribution in [3.05, 3.63) is 67.0 Å². The number of fused-ring (bicyclic) bond motifs is 1. The zero-order chi connectivity index (χ0) is 17.4. The molecule has 5 nitrogen and oxygen atoms in total. The van der Waals surface area contributed by atoms with Gasteiger partial charge in [-0.3, -0.25) is 9.20 Å². The number of aromatic nitrogens is 2. The monoisotopic (exact) mass is 360 g/mol. The lowest BCUT2D eigenvalue weighted by molar-refractivity contribution is 0.0701. The van der Waals surface area contributed by atoms with E-state index >= 15 is 0 Å². The number of hydrogen-bond acceptors (Lipinski definition) is 4. The lowest BCUT2D eigenvalue weighted by atomic mass is 10.1. The summed E-state index contributed by atoms with van der Waals surface area (Å²) in [5.74, 6) is -1.09. The number of halogens is 1. The van der Waals surface area contributed by atoms with Crippen molar-refractivity contribution in [1.82, 2.24) is 9.38 Å². The molecular formula is C17H13ClN2O3S. The van der Waals surface area contributed by atoms with Crippen LogP contribution < -0.4 is 5.56 Å². The molecule has 122 valence electrons. The predicted molar refractivity (Wildman–Crippen MR) is 96.2 cm³/mol. The number of benzene rings is 1. The van der Waals surface area contributed by atoms with Gasteiger partial charge in [0.1, 0.15) is 9.90 Å². The number of nitrogens with zero attached hydrogens (tertiary/aromatic N) is 2. The molecule has 0 aliphatic heterocycles. The molecule has 0 atom stereocenters. The van der Waals surface area contributed by atoms with Crippen LogP contribution >= 0.6 is 22.9 Å². The predicted octanol–water partition coefficient (Wildman–Crippen LogP) is 3.89. The second-order valence-corrected chi connectivity index (χ2v) is 6.60. The Kier molecular flexibility index (Phi) is 4.26. The Hall–Kier alpha value is -2.44. The number of rotatable bonds is 3.